The van der Waals surface area contributed by atoms with Crippen molar-refractivity contribution in [1.82, 2.24) is 9.97 Å². The second-order valence-electron chi connectivity index (χ2n) is 6.87. The Hall–Kier alpha value is -3.41. The van der Waals surface area contributed by atoms with Crippen molar-refractivity contribution in [2.75, 3.05) is 11.9 Å². The van der Waals surface area contributed by atoms with Crippen LogP contribution in [0.5, 0.6) is 0 Å². The first-order valence-corrected chi connectivity index (χ1v) is 9.01. The first-order chi connectivity index (χ1) is 13.3. The molecule has 0 saturated heterocycles. The molecule has 2 N–H and O–H groups in total. The molecule has 6 heteroatoms. The van der Waals surface area contributed by atoms with Gasteiger partial charge in [-0.15, -0.1) is 0 Å². The highest BCUT2D eigenvalue weighted by Crippen LogP contribution is 2.19. The monoisotopic (exact) mass is 377 g/mol. The minimum atomic E-state index is -0.547. The molecule has 0 radical (unpaired) electrons. The van der Waals surface area contributed by atoms with Gasteiger partial charge in [0, 0.05) is 16.9 Å². The lowest BCUT2D eigenvalue weighted by molar-refractivity contribution is -0.119. The molecule has 0 aliphatic heterocycles. The Balaban J connectivity index is 1.57. The number of benzene rings is 2. The van der Waals surface area contributed by atoms with Crippen LogP contribution in [0.1, 0.15) is 32.9 Å². The number of rotatable bonds is 5. The van der Waals surface area contributed by atoms with Gasteiger partial charge in [0.1, 0.15) is 5.82 Å². The Labute approximate surface area is 164 Å². The van der Waals surface area contributed by atoms with Gasteiger partial charge >= 0.3 is 5.97 Å². The summed E-state index contributed by atoms with van der Waals surface area (Å²) >= 11 is 0. The lowest BCUT2D eigenvalue weighted by Crippen LogP contribution is -2.21. The van der Waals surface area contributed by atoms with Crippen LogP contribution in [0.2, 0.25) is 0 Å². The topological polar surface area (TPSA) is 84.1 Å². The fraction of sp³-hybridized carbons (Fsp3) is 0.227. The second kappa shape index (κ2) is 8.08. The Kier molecular flexibility index (Phi) is 5.59. The molecule has 3 rings (SSSR count). The minimum absolute atomic E-state index is 0.343. The number of aromatic amines is 1. The number of H-pyrrole nitrogens is 1. The predicted molar refractivity (Wildman–Crippen MR) is 108 cm³/mol. The molecule has 6 nitrogen and oxygen atoms in total. The molecule has 0 fully saturated rings. The number of hydrogen-bond acceptors (Lipinski definition) is 4. The van der Waals surface area contributed by atoms with Crippen LogP contribution in [0.15, 0.2) is 42.5 Å². The number of carbonyl (C=O) groups is 2. The molecule has 144 valence electrons. The predicted octanol–water partition coefficient (Wildman–Crippen LogP) is 4.11. The largest absolute Gasteiger partial charge is 0.452 e. The van der Waals surface area contributed by atoms with E-state index in [-0.39, 0.29) is 12.5 Å². The van der Waals surface area contributed by atoms with Crippen molar-refractivity contribution in [3.63, 3.8) is 0 Å². The highest BCUT2D eigenvalue weighted by Gasteiger charge is 2.12. The smallest absolute Gasteiger partial charge is 0.338 e. The SMILES string of the molecule is Cc1cc(C)cc(NC(=O)COC(=O)c2ccc(-c3nc(C)c(C)[nH]3)cc2)c1. The molecule has 1 amide bonds. The summed E-state index contributed by atoms with van der Waals surface area (Å²) in [6, 6.07) is 12.7. The maximum atomic E-state index is 12.2. The third-order valence-electron chi connectivity index (χ3n) is 4.36. The zero-order chi connectivity index (χ0) is 20.3. The van der Waals surface area contributed by atoms with Gasteiger partial charge in [-0.3, -0.25) is 4.79 Å². The summed E-state index contributed by atoms with van der Waals surface area (Å²) in [6.07, 6.45) is 0. The third kappa shape index (κ3) is 4.65. The number of aryl methyl sites for hydroxylation is 4. The summed E-state index contributed by atoms with van der Waals surface area (Å²) in [7, 11) is 0. The number of ether oxygens (including phenoxy) is 1. The first-order valence-electron chi connectivity index (χ1n) is 9.01. The molecule has 0 unspecified atom stereocenters. The number of amides is 1. The molecule has 0 atom stereocenters. The van der Waals surface area contributed by atoms with Gasteiger partial charge in [0.15, 0.2) is 6.61 Å². The molecule has 2 aromatic carbocycles. The number of imidazole rings is 1. The van der Waals surface area contributed by atoms with E-state index < -0.39 is 5.97 Å². The molecular formula is C22H23N3O3. The molecule has 0 aliphatic rings. The number of nitrogens with zero attached hydrogens (tertiary/aromatic N) is 1. The van der Waals surface area contributed by atoms with Crippen LogP contribution in [0, 0.1) is 27.7 Å². The number of esters is 1. The molecule has 0 aliphatic carbocycles. The van der Waals surface area contributed by atoms with E-state index in [2.05, 4.69) is 15.3 Å². The zero-order valence-corrected chi connectivity index (χ0v) is 16.4. The third-order valence-corrected chi connectivity index (χ3v) is 4.36. The van der Waals surface area contributed by atoms with Crippen molar-refractivity contribution in [1.29, 1.82) is 0 Å². The minimum Gasteiger partial charge on any atom is -0.452 e. The molecule has 0 saturated carbocycles. The normalized spacial score (nSPS) is 10.6. The van der Waals surface area contributed by atoms with Crippen LogP contribution in [0.3, 0.4) is 0 Å². The molecule has 3 aromatic rings. The van der Waals surface area contributed by atoms with Crippen LogP contribution < -0.4 is 5.32 Å². The fourth-order valence-corrected chi connectivity index (χ4v) is 2.91. The van der Waals surface area contributed by atoms with Gasteiger partial charge in [0.25, 0.3) is 5.91 Å². The summed E-state index contributed by atoms with van der Waals surface area (Å²) in [5.74, 6) is -0.173. The maximum Gasteiger partial charge on any atom is 0.338 e. The van der Waals surface area contributed by atoms with Gasteiger partial charge in [-0.05, 0) is 63.1 Å². The quantitative estimate of drug-likeness (QED) is 0.656. The van der Waals surface area contributed by atoms with Gasteiger partial charge in [-0.2, -0.15) is 0 Å². The number of anilines is 1. The van der Waals surface area contributed by atoms with Gasteiger partial charge in [0.05, 0.1) is 11.3 Å². The van der Waals surface area contributed by atoms with Crippen LogP contribution in [-0.4, -0.2) is 28.5 Å². The summed E-state index contributed by atoms with van der Waals surface area (Å²) < 4.78 is 5.12. The van der Waals surface area contributed by atoms with Crippen molar-refractivity contribution >= 4 is 17.6 Å². The Morgan fingerprint density at radius 2 is 1.64 bits per heavy atom. The van der Waals surface area contributed by atoms with E-state index in [1.165, 1.54) is 0 Å². The first kappa shape index (κ1) is 19.4. The molecule has 28 heavy (non-hydrogen) atoms. The number of aromatic nitrogens is 2. The summed E-state index contributed by atoms with van der Waals surface area (Å²) in [5, 5.41) is 2.74. The van der Waals surface area contributed by atoms with Crippen LogP contribution in [-0.2, 0) is 9.53 Å². The van der Waals surface area contributed by atoms with Crippen molar-refractivity contribution in [2.24, 2.45) is 0 Å². The van der Waals surface area contributed by atoms with Crippen molar-refractivity contribution in [3.05, 3.63) is 70.5 Å². The Bertz CT molecular complexity index is 980. The lowest BCUT2D eigenvalue weighted by Gasteiger charge is -2.08. The Morgan fingerprint density at radius 3 is 2.21 bits per heavy atom. The molecule has 0 bridgehead atoms. The average Bonchev–Trinajstić information content (AvgIpc) is 2.98. The second-order valence-corrected chi connectivity index (χ2v) is 6.87. The molecular weight excluding hydrogens is 354 g/mol. The van der Waals surface area contributed by atoms with E-state index in [4.69, 9.17) is 4.74 Å². The van der Waals surface area contributed by atoms with Crippen LogP contribution in [0.25, 0.3) is 11.4 Å². The number of carbonyl (C=O) groups excluding carboxylic acids is 2. The fourth-order valence-electron chi connectivity index (χ4n) is 2.91. The summed E-state index contributed by atoms with van der Waals surface area (Å²) in [4.78, 5) is 31.9. The number of hydrogen-bond donors (Lipinski definition) is 2. The van der Waals surface area contributed by atoms with Crippen molar-refractivity contribution < 1.29 is 14.3 Å². The Morgan fingerprint density at radius 1 is 1.00 bits per heavy atom. The molecule has 1 aromatic heterocycles. The van der Waals surface area contributed by atoms with Gasteiger partial charge in [-0.1, -0.05) is 18.2 Å². The van der Waals surface area contributed by atoms with E-state index in [9.17, 15) is 9.59 Å². The van der Waals surface area contributed by atoms with Crippen molar-refractivity contribution in [3.8, 4) is 11.4 Å². The summed E-state index contributed by atoms with van der Waals surface area (Å²) in [5.41, 5.74) is 5.99. The standard InChI is InChI=1S/C22H23N3O3/c1-13-9-14(2)11-19(10-13)25-20(26)12-28-22(27)18-7-5-17(6-8-18)21-23-15(3)16(4)24-21/h5-11H,12H2,1-4H3,(H,23,24)(H,25,26). The van der Waals surface area contributed by atoms with Gasteiger partial charge in [-0.25, -0.2) is 9.78 Å². The van der Waals surface area contributed by atoms with Gasteiger partial charge in [0.2, 0.25) is 0 Å². The highest BCUT2D eigenvalue weighted by atomic mass is 16.5. The van der Waals surface area contributed by atoms with E-state index >= 15 is 0 Å². The van der Waals surface area contributed by atoms with Crippen LogP contribution >= 0.6 is 0 Å². The maximum absolute atomic E-state index is 12.2. The van der Waals surface area contributed by atoms with Gasteiger partial charge < -0.3 is 15.0 Å². The van der Waals surface area contributed by atoms with Crippen LogP contribution in [0.4, 0.5) is 5.69 Å². The van der Waals surface area contributed by atoms with E-state index in [1.807, 2.05) is 45.9 Å². The summed E-state index contributed by atoms with van der Waals surface area (Å²) in [6.45, 7) is 7.46. The zero-order valence-electron chi connectivity index (χ0n) is 16.4. The van der Waals surface area contributed by atoms with E-state index in [0.717, 1.165) is 33.9 Å². The lowest BCUT2D eigenvalue weighted by atomic mass is 10.1. The number of nitrogens with one attached hydrogen (secondary N) is 2. The average molecular weight is 377 g/mol. The molecule has 0 spiro atoms. The van der Waals surface area contributed by atoms with Crippen molar-refractivity contribution in [2.45, 2.75) is 27.7 Å². The van der Waals surface area contributed by atoms with E-state index in [1.54, 1.807) is 24.3 Å². The highest BCUT2D eigenvalue weighted by molar-refractivity contribution is 5.95. The van der Waals surface area contributed by atoms with E-state index in [0.29, 0.717) is 11.3 Å². The molecule has 1 heterocycles.